The first-order valence-corrected chi connectivity index (χ1v) is 6.43. The van der Waals surface area contributed by atoms with Gasteiger partial charge in [-0.2, -0.15) is 5.06 Å². The van der Waals surface area contributed by atoms with E-state index >= 15 is 0 Å². The molecule has 1 heterocycles. The van der Waals surface area contributed by atoms with E-state index in [1.165, 1.54) is 16.2 Å². The fraction of sp³-hybridized carbons (Fsp3) is 0.250. The summed E-state index contributed by atoms with van der Waals surface area (Å²) < 4.78 is 0. The van der Waals surface area contributed by atoms with Crippen LogP contribution in [-0.2, 0) is 0 Å². The van der Waals surface area contributed by atoms with E-state index in [1.54, 1.807) is 0 Å². The van der Waals surface area contributed by atoms with Gasteiger partial charge in [0.25, 0.3) is 0 Å². The van der Waals surface area contributed by atoms with Crippen molar-refractivity contribution in [2.45, 2.75) is 24.9 Å². The fourth-order valence-corrected chi connectivity index (χ4v) is 2.79. The molecule has 0 aliphatic carbocycles. The van der Waals surface area contributed by atoms with Crippen LogP contribution < -0.4 is 0 Å². The molecule has 1 aliphatic rings. The first-order valence-electron chi connectivity index (χ1n) is 6.43. The Balaban J connectivity index is 1.83. The molecule has 2 unspecified atom stereocenters. The fourth-order valence-electron chi connectivity index (χ4n) is 2.79. The van der Waals surface area contributed by atoms with Crippen molar-refractivity contribution in [1.29, 1.82) is 0 Å². The maximum Gasteiger partial charge on any atom is 0.0607 e. The second kappa shape index (κ2) is 4.92. The molecule has 0 saturated carbocycles. The van der Waals surface area contributed by atoms with Crippen molar-refractivity contribution in [2.75, 3.05) is 0 Å². The molecule has 0 radical (unpaired) electrons. The van der Waals surface area contributed by atoms with E-state index < -0.39 is 0 Å². The van der Waals surface area contributed by atoms with Gasteiger partial charge < -0.3 is 5.21 Å². The van der Waals surface area contributed by atoms with Gasteiger partial charge in [0.05, 0.1) is 12.1 Å². The third-order valence-electron chi connectivity index (χ3n) is 3.72. The minimum Gasteiger partial charge on any atom is -0.313 e. The molecule has 0 aromatic heterocycles. The highest BCUT2D eigenvalue weighted by atomic mass is 16.5. The van der Waals surface area contributed by atoms with E-state index in [-0.39, 0.29) is 12.1 Å². The molecule has 1 N–H and O–H groups in total. The van der Waals surface area contributed by atoms with Crippen LogP contribution in [0, 0.1) is 0 Å². The molecule has 2 aromatic rings. The van der Waals surface area contributed by atoms with Crippen LogP contribution >= 0.6 is 0 Å². The Labute approximate surface area is 107 Å². The summed E-state index contributed by atoms with van der Waals surface area (Å²) in [6.45, 7) is 0. The number of rotatable bonds is 2. The van der Waals surface area contributed by atoms with Crippen molar-refractivity contribution < 1.29 is 5.21 Å². The number of nitrogens with zero attached hydrogens (tertiary/aromatic N) is 1. The normalized spacial score (nSPS) is 24.3. The number of benzene rings is 2. The summed E-state index contributed by atoms with van der Waals surface area (Å²) in [4.78, 5) is 0. The van der Waals surface area contributed by atoms with Crippen molar-refractivity contribution in [3.63, 3.8) is 0 Å². The Morgan fingerprint density at radius 1 is 0.722 bits per heavy atom. The second-order valence-electron chi connectivity index (χ2n) is 4.81. The van der Waals surface area contributed by atoms with Crippen molar-refractivity contribution >= 4 is 0 Å². The molecule has 2 aromatic carbocycles. The van der Waals surface area contributed by atoms with Crippen LogP contribution in [0.3, 0.4) is 0 Å². The van der Waals surface area contributed by atoms with Crippen LogP contribution in [0.1, 0.15) is 36.1 Å². The van der Waals surface area contributed by atoms with Gasteiger partial charge in [0.15, 0.2) is 0 Å². The Kier molecular flexibility index (Phi) is 3.13. The largest absolute Gasteiger partial charge is 0.313 e. The number of hydrogen-bond acceptors (Lipinski definition) is 2. The highest BCUT2D eigenvalue weighted by Crippen LogP contribution is 2.42. The quantitative estimate of drug-likeness (QED) is 0.857. The molecule has 0 bridgehead atoms. The van der Waals surface area contributed by atoms with Crippen LogP contribution in [0.5, 0.6) is 0 Å². The molecule has 1 fully saturated rings. The van der Waals surface area contributed by atoms with E-state index in [0.717, 1.165) is 12.8 Å². The van der Waals surface area contributed by atoms with Crippen LogP contribution in [-0.4, -0.2) is 10.3 Å². The lowest BCUT2D eigenvalue weighted by molar-refractivity contribution is -0.137. The zero-order valence-electron chi connectivity index (χ0n) is 10.2. The first kappa shape index (κ1) is 11.5. The summed E-state index contributed by atoms with van der Waals surface area (Å²) in [5.41, 5.74) is 2.39. The van der Waals surface area contributed by atoms with E-state index in [0.29, 0.717) is 0 Å². The zero-order chi connectivity index (χ0) is 12.4. The number of hydroxylamine groups is 2. The van der Waals surface area contributed by atoms with Crippen molar-refractivity contribution in [1.82, 2.24) is 5.06 Å². The topological polar surface area (TPSA) is 23.5 Å². The van der Waals surface area contributed by atoms with Gasteiger partial charge in [-0.25, -0.2) is 0 Å². The van der Waals surface area contributed by atoms with Gasteiger partial charge >= 0.3 is 0 Å². The zero-order valence-corrected chi connectivity index (χ0v) is 10.2. The maximum absolute atomic E-state index is 10.4. The second-order valence-corrected chi connectivity index (χ2v) is 4.81. The monoisotopic (exact) mass is 239 g/mol. The van der Waals surface area contributed by atoms with E-state index in [9.17, 15) is 5.21 Å². The lowest BCUT2D eigenvalue weighted by Gasteiger charge is -2.24. The van der Waals surface area contributed by atoms with Crippen LogP contribution in [0.25, 0.3) is 0 Å². The van der Waals surface area contributed by atoms with Crippen molar-refractivity contribution in [2.24, 2.45) is 0 Å². The standard InChI is InChI=1S/C16H17NO/c18-17-15(13-7-3-1-4-8-13)11-12-16(17)14-9-5-2-6-10-14/h1-10,15-16,18H,11-12H2. The maximum atomic E-state index is 10.4. The van der Waals surface area contributed by atoms with Crippen LogP contribution in [0.15, 0.2) is 60.7 Å². The predicted octanol–water partition coefficient (Wildman–Crippen LogP) is 3.95. The molecule has 0 spiro atoms. The minimum atomic E-state index is 0.122. The third kappa shape index (κ3) is 2.05. The SMILES string of the molecule is ON1C(c2ccccc2)CCC1c1ccccc1. The Hall–Kier alpha value is -1.64. The van der Waals surface area contributed by atoms with Gasteiger partial charge in [0, 0.05) is 0 Å². The average molecular weight is 239 g/mol. The lowest BCUT2D eigenvalue weighted by Crippen LogP contribution is -2.22. The third-order valence-corrected chi connectivity index (χ3v) is 3.72. The van der Waals surface area contributed by atoms with Crippen molar-refractivity contribution in [3.8, 4) is 0 Å². The molecule has 18 heavy (non-hydrogen) atoms. The van der Waals surface area contributed by atoms with Gasteiger partial charge in [0.1, 0.15) is 0 Å². The van der Waals surface area contributed by atoms with Gasteiger partial charge in [0.2, 0.25) is 0 Å². The Bertz CT molecular complexity index is 450. The van der Waals surface area contributed by atoms with Crippen LogP contribution in [0.4, 0.5) is 0 Å². The summed E-state index contributed by atoms with van der Waals surface area (Å²) >= 11 is 0. The van der Waals surface area contributed by atoms with E-state index in [2.05, 4.69) is 24.3 Å². The van der Waals surface area contributed by atoms with Gasteiger partial charge in [-0.1, -0.05) is 60.7 Å². The van der Waals surface area contributed by atoms with Gasteiger partial charge in [-0.05, 0) is 24.0 Å². The molecule has 2 nitrogen and oxygen atoms in total. The minimum absolute atomic E-state index is 0.122. The van der Waals surface area contributed by atoms with E-state index in [4.69, 9.17) is 0 Å². The highest BCUT2D eigenvalue weighted by Gasteiger charge is 2.34. The molecule has 1 aliphatic heterocycles. The first-order chi connectivity index (χ1) is 8.86. The average Bonchev–Trinajstić information content (AvgIpc) is 2.83. The molecular formula is C16H17NO. The van der Waals surface area contributed by atoms with Gasteiger partial charge in [-0.15, -0.1) is 0 Å². The molecule has 2 atom stereocenters. The molecule has 92 valence electrons. The molecule has 3 rings (SSSR count). The van der Waals surface area contributed by atoms with E-state index in [1.807, 2.05) is 36.4 Å². The lowest BCUT2D eigenvalue weighted by atomic mass is 10.0. The molecular weight excluding hydrogens is 222 g/mol. The van der Waals surface area contributed by atoms with Gasteiger partial charge in [-0.3, -0.25) is 0 Å². The van der Waals surface area contributed by atoms with Crippen molar-refractivity contribution in [3.05, 3.63) is 71.8 Å². The summed E-state index contributed by atoms with van der Waals surface area (Å²) in [6.07, 6.45) is 2.00. The summed E-state index contributed by atoms with van der Waals surface area (Å²) in [5.74, 6) is 0. The Morgan fingerprint density at radius 2 is 1.11 bits per heavy atom. The molecule has 1 saturated heterocycles. The highest BCUT2D eigenvalue weighted by molar-refractivity contribution is 5.24. The molecule has 2 heteroatoms. The summed E-state index contributed by atoms with van der Waals surface area (Å²) in [6, 6.07) is 20.7. The summed E-state index contributed by atoms with van der Waals surface area (Å²) in [5, 5.41) is 11.9. The Morgan fingerprint density at radius 3 is 1.50 bits per heavy atom. The smallest absolute Gasteiger partial charge is 0.0607 e. The summed E-state index contributed by atoms with van der Waals surface area (Å²) in [7, 11) is 0. The molecule has 0 amide bonds. The van der Waals surface area contributed by atoms with Crippen LogP contribution in [0.2, 0.25) is 0 Å². The predicted molar refractivity (Wildman–Crippen MR) is 71.2 cm³/mol. The number of hydrogen-bond donors (Lipinski definition) is 1.